The molecule has 0 aliphatic rings. The molecule has 0 saturated heterocycles. The summed E-state index contributed by atoms with van der Waals surface area (Å²) in [4.78, 5) is 10.6. The first kappa shape index (κ1) is 17.2. The third kappa shape index (κ3) is 5.17. The second-order valence-electron chi connectivity index (χ2n) is 3.21. The molecule has 1 aromatic carbocycles. The van der Waals surface area contributed by atoms with Gasteiger partial charge in [0, 0.05) is 0 Å². The molecule has 0 spiro atoms. The van der Waals surface area contributed by atoms with E-state index in [4.69, 9.17) is 0 Å². The molecule has 17 heavy (non-hydrogen) atoms. The van der Waals surface area contributed by atoms with Crippen LogP contribution in [-0.2, 0) is 14.8 Å². The van der Waals surface area contributed by atoms with E-state index < -0.39 is 22.0 Å². The minimum Gasteiger partial charge on any atom is -0.548 e. The SMILES string of the molecule is CCC(NS(=O)(=O)c1ccccc1)C(=O)[O-].[K+]. The molecule has 0 aliphatic carbocycles. The van der Waals surface area contributed by atoms with Crippen molar-refractivity contribution in [2.45, 2.75) is 24.3 Å². The third-order valence-corrected chi connectivity index (χ3v) is 3.53. The Hall–Kier alpha value is 0.236. The van der Waals surface area contributed by atoms with Gasteiger partial charge in [-0.15, -0.1) is 0 Å². The monoisotopic (exact) mass is 281 g/mol. The Labute approximate surface area is 143 Å². The van der Waals surface area contributed by atoms with Crippen LogP contribution in [-0.4, -0.2) is 20.4 Å². The zero-order chi connectivity index (χ0) is 12.2. The number of rotatable bonds is 5. The molecule has 0 saturated carbocycles. The average molecular weight is 281 g/mol. The molecule has 1 unspecified atom stereocenters. The fourth-order valence-electron chi connectivity index (χ4n) is 1.15. The number of benzene rings is 1. The average Bonchev–Trinajstić information content (AvgIpc) is 2.27. The van der Waals surface area contributed by atoms with Crippen molar-refractivity contribution in [2.75, 3.05) is 0 Å². The van der Waals surface area contributed by atoms with Gasteiger partial charge in [-0.25, -0.2) is 13.1 Å². The van der Waals surface area contributed by atoms with Crippen molar-refractivity contribution in [1.29, 1.82) is 0 Å². The maximum absolute atomic E-state index is 11.7. The van der Waals surface area contributed by atoms with E-state index in [-0.39, 0.29) is 62.7 Å². The van der Waals surface area contributed by atoms with Crippen LogP contribution in [0.25, 0.3) is 0 Å². The summed E-state index contributed by atoms with van der Waals surface area (Å²) in [6.45, 7) is 1.56. The summed E-state index contributed by atoms with van der Waals surface area (Å²) in [6.07, 6.45) is 0.133. The number of carboxylic acid groups (broad SMARTS) is 1. The van der Waals surface area contributed by atoms with E-state index >= 15 is 0 Å². The number of hydrogen-bond donors (Lipinski definition) is 1. The van der Waals surface area contributed by atoms with Gasteiger partial charge in [0.15, 0.2) is 0 Å². The topological polar surface area (TPSA) is 86.3 Å². The molecule has 88 valence electrons. The summed E-state index contributed by atoms with van der Waals surface area (Å²) in [6, 6.07) is 6.39. The summed E-state index contributed by atoms with van der Waals surface area (Å²) in [5.41, 5.74) is 0. The van der Waals surface area contributed by atoms with Gasteiger partial charge in [-0.1, -0.05) is 25.1 Å². The summed E-state index contributed by atoms with van der Waals surface area (Å²) in [5, 5.41) is 10.6. The van der Waals surface area contributed by atoms with E-state index in [2.05, 4.69) is 4.72 Å². The fraction of sp³-hybridized carbons (Fsp3) is 0.300. The van der Waals surface area contributed by atoms with Gasteiger partial charge in [0.1, 0.15) is 0 Å². The van der Waals surface area contributed by atoms with Crippen LogP contribution in [0, 0.1) is 0 Å². The van der Waals surface area contributed by atoms with Crippen LogP contribution in [0.15, 0.2) is 35.2 Å². The zero-order valence-electron chi connectivity index (χ0n) is 9.71. The molecule has 0 heterocycles. The molecule has 1 N–H and O–H groups in total. The molecule has 0 radical (unpaired) electrons. The standard InChI is InChI=1S/C10H13NO4S.K/c1-2-9(10(12)13)11-16(14,15)8-6-4-3-5-7-8;/h3-7,9,11H,2H2,1H3,(H,12,13);/q;+1/p-1. The minimum atomic E-state index is -3.79. The van der Waals surface area contributed by atoms with Crippen LogP contribution in [0.2, 0.25) is 0 Å². The predicted molar refractivity (Wildman–Crippen MR) is 55.8 cm³/mol. The molecule has 0 aromatic heterocycles. The second kappa shape index (κ2) is 7.62. The Bertz CT molecular complexity index is 460. The molecule has 1 atom stereocenters. The Balaban J connectivity index is 0.00000256. The predicted octanol–water partition coefficient (Wildman–Crippen LogP) is -3.50. The van der Waals surface area contributed by atoms with Gasteiger partial charge in [-0.2, -0.15) is 0 Å². The molecule has 0 fully saturated rings. The first-order valence-corrected chi connectivity index (χ1v) is 6.24. The van der Waals surface area contributed by atoms with E-state index in [9.17, 15) is 18.3 Å². The van der Waals surface area contributed by atoms with E-state index in [1.54, 1.807) is 25.1 Å². The maximum Gasteiger partial charge on any atom is 1.00 e. The molecule has 1 rings (SSSR count). The van der Waals surface area contributed by atoms with E-state index in [0.717, 1.165) is 0 Å². The number of sulfonamides is 1. The summed E-state index contributed by atoms with van der Waals surface area (Å²) < 4.78 is 25.5. The Morgan fingerprint density at radius 2 is 1.88 bits per heavy atom. The smallest absolute Gasteiger partial charge is 0.548 e. The van der Waals surface area contributed by atoms with Crippen LogP contribution in [0.1, 0.15) is 13.3 Å². The van der Waals surface area contributed by atoms with E-state index in [0.29, 0.717) is 0 Å². The first-order chi connectivity index (χ1) is 7.47. The van der Waals surface area contributed by atoms with Gasteiger partial charge in [0.2, 0.25) is 10.0 Å². The van der Waals surface area contributed by atoms with Gasteiger partial charge in [0.05, 0.1) is 16.9 Å². The Kier molecular flexibility index (Phi) is 7.73. The van der Waals surface area contributed by atoms with Crippen molar-refractivity contribution in [2.24, 2.45) is 0 Å². The molecule has 5 nitrogen and oxygen atoms in total. The molecule has 0 amide bonds. The molecule has 7 heteroatoms. The van der Waals surface area contributed by atoms with Crippen molar-refractivity contribution in [3.63, 3.8) is 0 Å². The third-order valence-electron chi connectivity index (χ3n) is 2.04. The zero-order valence-corrected chi connectivity index (χ0v) is 13.7. The second-order valence-corrected chi connectivity index (χ2v) is 4.93. The molecular weight excluding hydrogens is 269 g/mol. The van der Waals surface area contributed by atoms with E-state index in [1.165, 1.54) is 12.1 Å². The van der Waals surface area contributed by atoms with Crippen molar-refractivity contribution in [1.82, 2.24) is 4.72 Å². The van der Waals surface area contributed by atoms with E-state index in [1.807, 2.05) is 0 Å². The molecule has 1 aromatic rings. The van der Waals surface area contributed by atoms with Crippen molar-refractivity contribution >= 4 is 16.0 Å². The first-order valence-electron chi connectivity index (χ1n) is 4.75. The number of carbonyl (C=O) groups is 1. The summed E-state index contributed by atoms with van der Waals surface area (Å²) >= 11 is 0. The molecular formula is C10H12KNO4S. The van der Waals surface area contributed by atoms with Gasteiger partial charge in [0.25, 0.3) is 0 Å². The Morgan fingerprint density at radius 1 is 1.35 bits per heavy atom. The van der Waals surface area contributed by atoms with Crippen molar-refractivity contribution in [3.05, 3.63) is 30.3 Å². The number of aliphatic carboxylic acids is 1. The van der Waals surface area contributed by atoms with Crippen LogP contribution in [0.4, 0.5) is 0 Å². The normalized spacial score (nSPS) is 12.5. The fourth-order valence-corrected chi connectivity index (χ4v) is 2.44. The molecule has 0 aliphatic heterocycles. The minimum absolute atomic E-state index is 0. The van der Waals surface area contributed by atoms with Crippen LogP contribution in [0.3, 0.4) is 0 Å². The number of carboxylic acids is 1. The van der Waals surface area contributed by atoms with Gasteiger partial charge in [-0.05, 0) is 18.6 Å². The van der Waals surface area contributed by atoms with Crippen molar-refractivity contribution < 1.29 is 69.7 Å². The summed E-state index contributed by atoms with van der Waals surface area (Å²) in [7, 11) is -3.79. The van der Waals surface area contributed by atoms with Crippen molar-refractivity contribution in [3.8, 4) is 0 Å². The summed E-state index contributed by atoms with van der Waals surface area (Å²) in [5.74, 6) is -1.43. The quantitative estimate of drug-likeness (QED) is 0.567. The van der Waals surface area contributed by atoms with Crippen LogP contribution >= 0.6 is 0 Å². The Morgan fingerprint density at radius 3 is 2.29 bits per heavy atom. The number of hydrogen-bond acceptors (Lipinski definition) is 4. The van der Waals surface area contributed by atoms with Gasteiger partial charge >= 0.3 is 51.4 Å². The number of nitrogens with one attached hydrogen (secondary N) is 1. The number of carbonyl (C=O) groups excluding carboxylic acids is 1. The van der Waals surface area contributed by atoms with Crippen LogP contribution in [0.5, 0.6) is 0 Å². The van der Waals surface area contributed by atoms with Crippen LogP contribution < -0.4 is 61.2 Å². The largest absolute Gasteiger partial charge is 1.00 e. The van der Waals surface area contributed by atoms with Gasteiger partial charge < -0.3 is 9.90 Å². The maximum atomic E-state index is 11.7. The molecule has 0 bridgehead atoms. The van der Waals surface area contributed by atoms with Gasteiger partial charge in [-0.3, -0.25) is 0 Å².